The molecule has 0 fully saturated rings. The highest BCUT2D eigenvalue weighted by Crippen LogP contribution is 2.30. The number of fused-ring (bicyclic) bond motifs is 1. The van der Waals surface area contributed by atoms with E-state index in [4.69, 9.17) is 16.0 Å². The molecule has 1 aromatic carbocycles. The molecule has 0 aliphatic rings. The molecule has 2 nitrogen and oxygen atoms in total. The maximum absolute atomic E-state index is 6.06. The van der Waals surface area contributed by atoms with E-state index in [2.05, 4.69) is 19.2 Å². The van der Waals surface area contributed by atoms with Gasteiger partial charge in [-0.2, -0.15) is 0 Å². The topological polar surface area (TPSA) is 25.2 Å². The summed E-state index contributed by atoms with van der Waals surface area (Å²) < 4.78 is 5.49. The van der Waals surface area contributed by atoms with Crippen molar-refractivity contribution in [3.8, 4) is 0 Å². The molecule has 80 valence electrons. The van der Waals surface area contributed by atoms with E-state index in [9.17, 15) is 0 Å². The number of benzene rings is 1. The second kappa shape index (κ2) is 4.25. The van der Waals surface area contributed by atoms with Crippen molar-refractivity contribution in [2.24, 2.45) is 0 Å². The van der Waals surface area contributed by atoms with Crippen LogP contribution in [-0.4, -0.2) is 6.54 Å². The molecule has 0 atom stereocenters. The number of rotatable bonds is 3. The fourth-order valence-electron chi connectivity index (χ4n) is 1.75. The Hall–Kier alpha value is -0.990. The first kappa shape index (κ1) is 10.5. The average Bonchev–Trinajstić information content (AvgIpc) is 2.65. The van der Waals surface area contributed by atoms with Gasteiger partial charge in [0.25, 0.3) is 0 Å². The zero-order chi connectivity index (χ0) is 10.8. The van der Waals surface area contributed by atoms with Crippen LogP contribution in [0.2, 0.25) is 5.02 Å². The van der Waals surface area contributed by atoms with Crippen molar-refractivity contribution < 1.29 is 4.42 Å². The number of hydrogen-bond acceptors (Lipinski definition) is 2. The lowest BCUT2D eigenvalue weighted by Gasteiger charge is -2.01. The first-order chi connectivity index (χ1) is 7.24. The molecule has 0 aliphatic heterocycles. The van der Waals surface area contributed by atoms with Crippen LogP contribution < -0.4 is 5.32 Å². The third kappa shape index (κ3) is 1.87. The van der Waals surface area contributed by atoms with Gasteiger partial charge in [-0.3, -0.25) is 0 Å². The van der Waals surface area contributed by atoms with E-state index < -0.39 is 0 Å². The minimum absolute atomic E-state index is 0.679. The highest BCUT2D eigenvalue weighted by Gasteiger charge is 2.10. The Morgan fingerprint density at radius 3 is 2.93 bits per heavy atom. The predicted octanol–water partition coefficient (Wildman–Crippen LogP) is 3.50. The van der Waals surface area contributed by atoms with E-state index in [0.29, 0.717) is 5.02 Å². The molecule has 1 N–H and O–H groups in total. The number of aryl methyl sites for hydroxylation is 1. The number of nitrogens with one attached hydrogen (secondary N) is 1. The lowest BCUT2D eigenvalue weighted by atomic mass is 10.1. The van der Waals surface area contributed by atoms with Crippen LogP contribution in [0.15, 0.2) is 22.8 Å². The van der Waals surface area contributed by atoms with Crippen molar-refractivity contribution in [1.29, 1.82) is 0 Å². The van der Waals surface area contributed by atoms with Gasteiger partial charge in [0.05, 0.1) is 11.3 Å². The molecule has 3 heteroatoms. The third-order valence-corrected chi connectivity index (χ3v) is 2.82. The monoisotopic (exact) mass is 223 g/mol. The lowest BCUT2D eigenvalue weighted by molar-refractivity contribution is 0.604. The smallest absolute Gasteiger partial charge is 0.153 e. The minimum atomic E-state index is 0.679. The van der Waals surface area contributed by atoms with Crippen molar-refractivity contribution in [2.45, 2.75) is 20.4 Å². The molecule has 0 aliphatic carbocycles. The Labute approximate surface area is 94.2 Å². The predicted molar refractivity (Wildman–Crippen MR) is 63.3 cm³/mol. The molecule has 0 unspecified atom stereocenters. The molecule has 0 saturated heterocycles. The van der Waals surface area contributed by atoms with Crippen LogP contribution >= 0.6 is 11.6 Å². The van der Waals surface area contributed by atoms with Crippen LogP contribution in [0.25, 0.3) is 11.0 Å². The highest BCUT2D eigenvalue weighted by molar-refractivity contribution is 6.35. The lowest BCUT2D eigenvalue weighted by Crippen LogP contribution is -2.11. The molecule has 2 rings (SSSR count). The van der Waals surface area contributed by atoms with Crippen molar-refractivity contribution in [3.63, 3.8) is 0 Å². The SMILES string of the molecule is CCNCc1coc2c(Cl)ccc(C)c12. The molecule has 15 heavy (non-hydrogen) atoms. The third-order valence-electron chi connectivity index (χ3n) is 2.52. The van der Waals surface area contributed by atoms with Crippen molar-refractivity contribution in [3.05, 3.63) is 34.5 Å². The van der Waals surface area contributed by atoms with Gasteiger partial charge >= 0.3 is 0 Å². The van der Waals surface area contributed by atoms with Gasteiger partial charge in [-0.15, -0.1) is 0 Å². The summed E-state index contributed by atoms with van der Waals surface area (Å²) in [5, 5.41) is 5.11. The summed E-state index contributed by atoms with van der Waals surface area (Å²) in [6, 6.07) is 3.90. The van der Waals surface area contributed by atoms with E-state index in [1.807, 2.05) is 12.1 Å². The summed E-state index contributed by atoms with van der Waals surface area (Å²) >= 11 is 6.06. The second-order valence-corrected chi connectivity index (χ2v) is 4.02. The average molecular weight is 224 g/mol. The van der Waals surface area contributed by atoms with Gasteiger partial charge in [-0.05, 0) is 25.1 Å². The van der Waals surface area contributed by atoms with Crippen molar-refractivity contribution in [2.75, 3.05) is 6.54 Å². The summed E-state index contributed by atoms with van der Waals surface area (Å²) in [6.45, 7) is 5.93. The van der Waals surface area contributed by atoms with Crippen LogP contribution in [0.1, 0.15) is 18.1 Å². The van der Waals surface area contributed by atoms with Crippen LogP contribution in [0.4, 0.5) is 0 Å². The fraction of sp³-hybridized carbons (Fsp3) is 0.333. The van der Waals surface area contributed by atoms with Crippen LogP contribution in [0.3, 0.4) is 0 Å². The molecular formula is C12H14ClNO. The normalized spacial score (nSPS) is 11.1. The van der Waals surface area contributed by atoms with Crippen LogP contribution in [0.5, 0.6) is 0 Å². The quantitative estimate of drug-likeness (QED) is 0.862. The Bertz CT molecular complexity index is 476. The maximum Gasteiger partial charge on any atom is 0.153 e. The molecule has 0 spiro atoms. The Balaban J connectivity index is 2.53. The molecule has 0 bridgehead atoms. The number of furan rings is 1. The summed E-state index contributed by atoms with van der Waals surface area (Å²) in [5.41, 5.74) is 3.17. The van der Waals surface area contributed by atoms with E-state index >= 15 is 0 Å². The van der Waals surface area contributed by atoms with Gasteiger partial charge in [0.15, 0.2) is 5.58 Å². The first-order valence-electron chi connectivity index (χ1n) is 5.10. The zero-order valence-electron chi connectivity index (χ0n) is 8.93. The molecule has 0 radical (unpaired) electrons. The molecule has 1 heterocycles. The van der Waals surface area contributed by atoms with Crippen LogP contribution in [-0.2, 0) is 6.54 Å². The molecular weight excluding hydrogens is 210 g/mol. The number of halogens is 1. The Morgan fingerprint density at radius 2 is 2.20 bits per heavy atom. The Kier molecular flexibility index (Phi) is 2.98. The number of hydrogen-bond donors (Lipinski definition) is 1. The molecule has 0 amide bonds. The van der Waals surface area contributed by atoms with E-state index in [1.165, 1.54) is 11.1 Å². The second-order valence-electron chi connectivity index (χ2n) is 3.61. The molecule has 0 saturated carbocycles. The summed E-state index contributed by atoms with van der Waals surface area (Å²) in [4.78, 5) is 0. The van der Waals surface area contributed by atoms with Crippen molar-refractivity contribution >= 4 is 22.6 Å². The molecule has 1 aromatic heterocycles. The van der Waals surface area contributed by atoms with Crippen molar-refractivity contribution in [1.82, 2.24) is 5.32 Å². The maximum atomic E-state index is 6.06. The van der Waals surface area contributed by atoms with Crippen LogP contribution in [0, 0.1) is 6.92 Å². The largest absolute Gasteiger partial charge is 0.462 e. The minimum Gasteiger partial charge on any atom is -0.462 e. The van der Waals surface area contributed by atoms with E-state index in [-0.39, 0.29) is 0 Å². The summed E-state index contributed by atoms with van der Waals surface area (Å²) in [5.74, 6) is 0. The summed E-state index contributed by atoms with van der Waals surface area (Å²) in [6.07, 6.45) is 1.78. The highest BCUT2D eigenvalue weighted by atomic mass is 35.5. The van der Waals surface area contributed by atoms with Gasteiger partial charge in [0.2, 0.25) is 0 Å². The van der Waals surface area contributed by atoms with Gasteiger partial charge in [0.1, 0.15) is 0 Å². The Morgan fingerprint density at radius 1 is 1.40 bits per heavy atom. The summed E-state index contributed by atoms with van der Waals surface area (Å²) in [7, 11) is 0. The van der Waals surface area contributed by atoms with E-state index in [0.717, 1.165) is 24.1 Å². The zero-order valence-corrected chi connectivity index (χ0v) is 9.69. The standard InChI is InChI=1S/C12H14ClNO/c1-3-14-6-9-7-15-12-10(13)5-4-8(2)11(9)12/h4-5,7,14H,3,6H2,1-2H3. The van der Waals surface area contributed by atoms with Gasteiger partial charge in [0, 0.05) is 17.5 Å². The van der Waals surface area contributed by atoms with Gasteiger partial charge in [-0.25, -0.2) is 0 Å². The van der Waals surface area contributed by atoms with E-state index in [1.54, 1.807) is 6.26 Å². The fourth-order valence-corrected chi connectivity index (χ4v) is 1.95. The first-order valence-corrected chi connectivity index (χ1v) is 5.47. The van der Waals surface area contributed by atoms with Gasteiger partial charge < -0.3 is 9.73 Å². The molecule has 2 aromatic rings. The van der Waals surface area contributed by atoms with Gasteiger partial charge in [-0.1, -0.05) is 24.6 Å².